The largest absolute Gasteiger partial charge is 0.494 e. The van der Waals surface area contributed by atoms with Gasteiger partial charge in [-0.05, 0) is 54.3 Å². The molecule has 1 N–H and O–H groups in total. The number of urea groups is 1. The van der Waals surface area contributed by atoms with Gasteiger partial charge in [0.15, 0.2) is 0 Å². The lowest BCUT2D eigenvalue weighted by Gasteiger charge is -2.26. The normalized spacial score (nSPS) is 10.8. The zero-order chi connectivity index (χ0) is 25.2. The van der Waals surface area contributed by atoms with Gasteiger partial charge in [-0.1, -0.05) is 84.9 Å². The molecular weight excluding hydrogens is 451 g/mol. The predicted molar refractivity (Wildman–Crippen MR) is 143 cm³/mol. The van der Waals surface area contributed by atoms with Gasteiger partial charge in [-0.2, -0.15) is 0 Å². The molecular formula is C31H31FN2O2. The molecule has 4 nitrogen and oxygen atoms in total. The summed E-state index contributed by atoms with van der Waals surface area (Å²) in [5.41, 5.74) is 3.53. The van der Waals surface area contributed by atoms with Crippen molar-refractivity contribution in [3.8, 4) is 5.75 Å². The Morgan fingerprint density at radius 2 is 1.42 bits per heavy atom. The highest BCUT2D eigenvalue weighted by atomic mass is 19.1. The van der Waals surface area contributed by atoms with Gasteiger partial charge in [0, 0.05) is 19.0 Å². The van der Waals surface area contributed by atoms with Crippen LogP contribution in [-0.4, -0.2) is 24.1 Å². The highest BCUT2D eigenvalue weighted by Gasteiger charge is 2.20. The molecule has 4 aromatic carbocycles. The van der Waals surface area contributed by atoms with Crippen molar-refractivity contribution in [1.82, 2.24) is 4.90 Å². The Hall–Kier alpha value is -4.12. The van der Waals surface area contributed by atoms with Gasteiger partial charge in [0.1, 0.15) is 11.6 Å². The monoisotopic (exact) mass is 482 g/mol. The van der Waals surface area contributed by atoms with Gasteiger partial charge in [-0.3, -0.25) is 0 Å². The third kappa shape index (κ3) is 6.72. The van der Waals surface area contributed by atoms with Crippen LogP contribution in [0.25, 0.3) is 0 Å². The van der Waals surface area contributed by atoms with E-state index in [1.807, 2.05) is 67.6 Å². The van der Waals surface area contributed by atoms with E-state index >= 15 is 0 Å². The Kier molecular flexibility index (Phi) is 8.71. The lowest BCUT2D eigenvalue weighted by Crippen LogP contribution is -2.36. The molecule has 0 fully saturated rings. The number of amides is 2. The standard InChI is InChI=1S/C31H31FN2O2/c1-2-36-27-19-17-24(18-20-27)23-34(31(35)33-30-16-10-9-15-29(30)32)22-21-28(25-11-5-3-6-12-25)26-13-7-4-8-14-26/h3-20,28H,2,21-23H2,1H3,(H,33,35). The molecule has 0 aliphatic rings. The van der Waals surface area contributed by atoms with Crippen LogP contribution in [0.5, 0.6) is 5.75 Å². The van der Waals surface area contributed by atoms with E-state index in [1.165, 1.54) is 17.2 Å². The second-order valence-corrected chi connectivity index (χ2v) is 8.57. The second kappa shape index (κ2) is 12.5. The van der Waals surface area contributed by atoms with Crippen molar-refractivity contribution in [3.05, 3.63) is 132 Å². The Morgan fingerprint density at radius 1 is 0.833 bits per heavy atom. The lowest BCUT2D eigenvalue weighted by molar-refractivity contribution is 0.207. The average molecular weight is 483 g/mol. The summed E-state index contributed by atoms with van der Waals surface area (Å²) >= 11 is 0. The summed E-state index contributed by atoms with van der Waals surface area (Å²) in [6.45, 7) is 3.42. The van der Waals surface area contributed by atoms with Crippen LogP contribution >= 0.6 is 0 Å². The maximum absolute atomic E-state index is 14.3. The molecule has 0 aromatic heterocycles. The first-order valence-corrected chi connectivity index (χ1v) is 12.3. The van der Waals surface area contributed by atoms with Crippen LogP contribution in [0.4, 0.5) is 14.9 Å². The van der Waals surface area contributed by atoms with Crippen molar-refractivity contribution in [2.75, 3.05) is 18.5 Å². The van der Waals surface area contributed by atoms with E-state index in [0.29, 0.717) is 19.7 Å². The van der Waals surface area contributed by atoms with Crippen LogP contribution in [0.15, 0.2) is 109 Å². The van der Waals surface area contributed by atoms with Crippen molar-refractivity contribution < 1.29 is 13.9 Å². The minimum Gasteiger partial charge on any atom is -0.494 e. The maximum atomic E-state index is 14.3. The van der Waals surface area contributed by atoms with Crippen LogP contribution in [0, 0.1) is 5.82 Å². The number of halogens is 1. The molecule has 0 saturated heterocycles. The van der Waals surface area contributed by atoms with Gasteiger partial charge in [0.05, 0.1) is 12.3 Å². The second-order valence-electron chi connectivity index (χ2n) is 8.57. The summed E-state index contributed by atoms with van der Waals surface area (Å²) in [5, 5.41) is 2.75. The number of nitrogens with zero attached hydrogens (tertiary/aromatic N) is 1. The molecule has 2 amide bonds. The van der Waals surface area contributed by atoms with E-state index in [9.17, 15) is 9.18 Å². The van der Waals surface area contributed by atoms with Crippen molar-refractivity contribution >= 4 is 11.7 Å². The van der Waals surface area contributed by atoms with E-state index in [-0.39, 0.29) is 17.6 Å². The summed E-state index contributed by atoms with van der Waals surface area (Å²) in [6, 6.07) is 34.2. The number of hydrogen-bond donors (Lipinski definition) is 1. The first-order valence-electron chi connectivity index (χ1n) is 12.3. The molecule has 0 bridgehead atoms. The van der Waals surface area contributed by atoms with E-state index in [0.717, 1.165) is 17.7 Å². The predicted octanol–water partition coefficient (Wildman–Crippen LogP) is 7.48. The van der Waals surface area contributed by atoms with Crippen LogP contribution < -0.4 is 10.1 Å². The van der Waals surface area contributed by atoms with Gasteiger partial charge in [-0.15, -0.1) is 0 Å². The number of rotatable bonds is 10. The smallest absolute Gasteiger partial charge is 0.322 e. The van der Waals surface area contributed by atoms with Crippen molar-refractivity contribution in [1.29, 1.82) is 0 Å². The molecule has 0 aliphatic heterocycles. The molecule has 0 aliphatic carbocycles. The number of carbonyl (C=O) groups is 1. The Labute approximate surface area is 212 Å². The molecule has 5 heteroatoms. The molecule has 4 rings (SSSR count). The summed E-state index contributed by atoms with van der Waals surface area (Å²) in [5.74, 6) is 0.451. The minimum absolute atomic E-state index is 0.122. The summed E-state index contributed by atoms with van der Waals surface area (Å²) in [6.07, 6.45) is 0.718. The van der Waals surface area contributed by atoms with Crippen molar-refractivity contribution in [3.63, 3.8) is 0 Å². The number of ether oxygens (including phenoxy) is 1. The van der Waals surface area contributed by atoms with Crippen molar-refractivity contribution in [2.45, 2.75) is 25.8 Å². The first kappa shape index (κ1) is 25.0. The third-order valence-corrected chi connectivity index (χ3v) is 6.10. The van der Waals surface area contributed by atoms with Gasteiger partial charge >= 0.3 is 6.03 Å². The zero-order valence-corrected chi connectivity index (χ0v) is 20.4. The molecule has 0 atom stereocenters. The van der Waals surface area contributed by atoms with Crippen LogP contribution in [0.3, 0.4) is 0 Å². The zero-order valence-electron chi connectivity index (χ0n) is 20.4. The van der Waals surface area contributed by atoms with Crippen LogP contribution in [0.1, 0.15) is 36.0 Å². The quantitative estimate of drug-likeness (QED) is 0.255. The maximum Gasteiger partial charge on any atom is 0.322 e. The van der Waals surface area contributed by atoms with Gasteiger partial charge in [0.25, 0.3) is 0 Å². The fraction of sp³-hybridized carbons (Fsp3) is 0.194. The molecule has 0 heterocycles. The third-order valence-electron chi connectivity index (χ3n) is 6.10. The number of nitrogens with one attached hydrogen (secondary N) is 1. The molecule has 184 valence electrons. The highest BCUT2D eigenvalue weighted by Crippen LogP contribution is 2.28. The number of hydrogen-bond acceptors (Lipinski definition) is 2. The first-order chi connectivity index (χ1) is 17.6. The van der Waals surface area contributed by atoms with Gasteiger partial charge in [-0.25, -0.2) is 9.18 Å². The van der Waals surface area contributed by atoms with E-state index < -0.39 is 5.82 Å². The molecule has 0 unspecified atom stereocenters. The molecule has 0 saturated carbocycles. The Morgan fingerprint density at radius 3 is 2.00 bits per heavy atom. The van der Waals surface area contributed by atoms with Gasteiger partial charge in [0.2, 0.25) is 0 Å². The van der Waals surface area contributed by atoms with Crippen LogP contribution in [0.2, 0.25) is 0 Å². The average Bonchev–Trinajstić information content (AvgIpc) is 2.92. The van der Waals surface area contributed by atoms with Crippen molar-refractivity contribution in [2.24, 2.45) is 0 Å². The Balaban J connectivity index is 1.56. The summed E-state index contributed by atoms with van der Waals surface area (Å²) in [7, 11) is 0. The van der Waals surface area contributed by atoms with E-state index in [4.69, 9.17) is 4.74 Å². The number of anilines is 1. The highest BCUT2D eigenvalue weighted by molar-refractivity contribution is 5.89. The fourth-order valence-electron chi connectivity index (χ4n) is 4.27. The molecule has 0 spiro atoms. The number of carbonyl (C=O) groups excluding carboxylic acids is 1. The lowest BCUT2D eigenvalue weighted by atomic mass is 9.88. The minimum atomic E-state index is -0.460. The van der Waals surface area contributed by atoms with E-state index in [2.05, 4.69) is 29.6 Å². The topological polar surface area (TPSA) is 41.6 Å². The fourth-order valence-corrected chi connectivity index (χ4v) is 4.27. The van der Waals surface area contributed by atoms with E-state index in [1.54, 1.807) is 23.1 Å². The summed E-state index contributed by atoms with van der Waals surface area (Å²) < 4.78 is 19.8. The number of para-hydroxylation sites is 1. The molecule has 4 aromatic rings. The Bertz CT molecular complexity index is 1190. The van der Waals surface area contributed by atoms with Crippen LogP contribution in [-0.2, 0) is 6.54 Å². The van der Waals surface area contributed by atoms with Gasteiger partial charge < -0.3 is 15.0 Å². The SMILES string of the molecule is CCOc1ccc(CN(CCC(c2ccccc2)c2ccccc2)C(=O)Nc2ccccc2F)cc1. The summed E-state index contributed by atoms with van der Waals surface area (Å²) in [4.78, 5) is 15.1. The molecule has 0 radical (unpaired) electrons. The molecule has 36 heavy (non-hydrogen) atoms. The number of benzene rings is 4.